The molecule has 0 aliphatic rings. The van der Waals surface area contributed by atoms with Gasteiger partial charge in [0.05, 0.1) is 16.4 Å². The molecule has 1 amide bonds. The summed E-state index contributed by atoms with van der Waals surface area (Å²) in [6.07, 6.45) is 0.767. The Morgan fingerprint density at radius 2 is 1.90 bits per heavy atom. The van der Waals surface area contributed by atoms with Crippen molar-refractivity contribution in [3.05, 3.63) is 81.1 Å². The molecule has 0 aliphatic carbocycles. The van der Waals surface area contributed by atoms with E-state index in [1.807, 2.05) is 48.9 Å². The number of benzene rings is 2. The molecule has 1 heterocycles. The Morgan fingerprint density at radius 3 is 2.59 bits per heavy atom. The smallest absolute Gasteiger partial charge is 0.251 e. The van der Waals surface area contributed by atoms with Gasteiger partial charge in [-0.3, -0.25) is 9.48 Å². The molecule has 5 nitrogen and oxygen atoms in total. The lowest BCUT2D eigenvalue weighted by atomic mass is 10.1. The number of carbonyl (C=O) groups excluding carboxylic acids is 1. The average Bonchev–Trinajstić information content (AvgIpc) is 2.97. The molecular weight excluding hydrogens is 409 g/mol. The van der Waals surface area contributed by atoms with Crippen LogP contribution in [0.2, 0.25) is 10.0 Å². The van der Waals surface area contributed by atoms with Crippen LogP contribution in [-0.4, -0.2) is 22.2 Å². The van der Waals surface area contributed by atoms with Gasteiger partial charge in [-0.05, 0) is 62.2 Å². The monoisotopic (exact) mass is 431 g/mol. The number of hydrogen-bond acceptors (Lipinski definition) is 3. The number of nitrogens with zero attached hydrogens (tertiary/aromatic N) is 2. The minimum absolute atomic E-state index is 0.107. The van der Waals surface area contributed by atoms with E-state index >= 15 is 0 Å². The molecule has 3 rings (SSSR count). The van der Waals surface area contributed by atoms with Crippen molar-refractivity contribution >= 4 is 29.1 Å². The van der Waals surface area contributed by atoms with Gasteiger partial charge in [-0.1, -0.05) is 35.3 Å². The van der Waals surface area contributed by atoms with E-state index < -0.39 is 0 Å². The van der Waals surface area contributed by atoms with Crippen LogP contribution in [-0.2, 0) is 13.2 Å². The lowest BCUT2D eigenvalue weighted by Gasteiger charge is -2.09. The maximum Gasteiger partial charge on any atom is 0.251 e. The molecule has 7 heteroatoms. The zero-order valence-corrected chi connectivity index (χ0v) is 17.9. The zero-order chi connectivity index (χ0) is 20.8. The standard InChI is InChI=1S/C22H23Cl2N3O2/c1-15-21(24)16(2)27(26-15)12-4-11-25-22(28)18-6-3-5-17(13-18)14-29-20-9-7-19(23)8-10-20/h3,5-10,13H,4,11-12,14H2,1-2H3,(H,25,28). The summed E-state index contributed by atoms with van der Waals surface area (Å²) in [5.41, 5.74) is 3.30. The first kappa shape index (κ1) is 21.2. The number of carbonyl (C=O) groups is 1. The SMILES string of the molecule is Cc1nn(CCCNC(=O)c2cccc(COc3ccc(Cl)cc3)c2)c(C)c1Cl. The molecule has 152 valence electrons. The molecule has 0 saturated carbocycles. The second-order valence-corrected chi connectivity index (χ2v) is 7.57. The molecule has 1 aromatic heterocycles. The van der Waals surface area contributed by atoms with Gasteiger partial charge in [0, 0.05) is 23.7 Å². The second-order valence-electron chi connectivity index (χ2n) is 6.76. The predicted octanol–water partition coefficient (Wildman–Crippen LogP) is 5.21. The van der Waals surface area contributed by atoms with Crippen LogP contribution in [0.25, 0.3) is 0 Å². The largest absolute Gasteiger partial charge is 0.489 e. The molecule has 0 saturated heterocycles. The number of rotatable bonds is 8. The third-order valence-electron chi connectivity index (χ3n) is 4.53. The van der Waals surface area contributed by atoms with Gasteiger partial charge in [0.2, 0.25) is 0 Å². The van der Waals surface area contributed by atoms with E-state index in [0.717, 1.165) is 29.1 Å². The summed E-state index contributed by atoms with van der Waals surface area (Å²) in [6, 6.07) is 14.6. The van der Waals surface area contributed by atoms with Crippen molar-refractivity contribution < 1.29 is 9.53 Å². The number of amides is 1. The van der Waals surface area contributed by atoms with E-state index in [-0.39, 0.29) is 5.91 Å². The van der Waals surface area contributed by atoms with Crippen molar-refractivity contribution in [3.63, 3.8) is 0 Å². The quantitative estimate of drug-likeness (QED) is 0.498. The number of halogens is 2. The Hall–Kier alpha value is -2.50. The van der Waals surface area contributed by atoms with Crippen LogP contribution in [0.15, 0.2) is 48.5 Å². The molecule has 0 atom stereocenters. The number of ether oxygens (including phenoxy) is 1. The Bertz CT molecular complexity index is 984. The van der Waals surface area contributed by atoms with Gasteiger partial charge in [0.1, 0.15) is 12.4 Å². The fraction of sp³-hybridized carbons (Fsp3) is 0.273. The molecular formula is C22H23Cl2N3O2. The number of nitrogens with one attached hydrogen (secondary N) is 1. The van der Waals surface area contributed by atoms with Gasteiger partial charge in [-0.15, -0.1) is 0 Å². The summed E-state index contributed by atoms with van der Waals surface area (Å²) in [6.45, 7) is 5.46. The van der Waals surface area contributed by atoms with Crippen molar-refractivity contribution in [2.24, 2.45) is 0 Å². The maximum atomic E-state index is 12.4. The van der Waals surface area contributed by atoms with Crippen molar-refractivity contribution in [2.75, 3.05) is 6.54 Å². The Kier molecular flexibility index (Phi) is 7.18. The second kappa shape index (κ2) is 9.81. The van der Waals surface area contributed by atoms with E-state index in [4.69, 9.17) is 27.9 Å². The summed E-state index contributed by atoms with van der Waals surface area (Å²) in [4.78, 5) is 12.4. The highest BCUT2D eigenvalue weighted by molar-refractivity contribution is 6.31. The van der Waals surface area contributed by atoms with Crippen LogP contribution in [0.5, 0.6) is 5.75 Å². The van der Waals surface area contributed by atoms with E-state index in [9.17, 15) is 4.79 Å². The third kappa shape index (κ3) is 5.75. The normalized spacial score (nSPS) is 10.8. The molecule has 0 bridgehead atoms. The highest BCUT2D eigenvalue weighted by atomic mass is 35.5. The number of hydrogen-bond donors (Lipinski definition) is 1. The van der Waals surface area contributed by atoms with Gasteiger partial charge >= 0.3 is 0 Å². The molecule has 0 unspecified atom stereocenters. The van der Waals surface area contributed by atoms with Crippen LogP contribution >= 0.6 is 23.2 Å². The predicted molar refractivity (Wildman–Crippen MR) is 116 cm³/mol. The summed E-state index contributed by atoms with van der Waals surface area (Å²) in [5.74, 6) is 0.623. The Labute approximate surface area is 180 Å². The first-order chi connectivity index (χ1) is 13.9. The average molecular weight is 432 g/mol. The summed E-state index contributed by atoms with van der Waals surface area (Å²) in [5, 5.41) is 8.71. The van der Waals surface area contributed by atoms with Crippen molar-refractivity contribution in [1.82, 2.24) is 15.1 Å². The lowest BCUT2D eigenvalue weighted by molar-refractivity contribution is 0.0952. The topological polar surface area (TPSA) is 56.2 Å². The molecule has 2 aromatic carbocycles. The fourth-order valence-electron chi connectivity index (χ4n) is 2.93. The molecule has 29 heavy (non-hydrogen) atoms. The molecule has 0 aliphatic heterocycles. The molecule has 0 radical (unpaired) electrons. The molecule has 0 fully saturated rings. The van der Waals surface area contributed by atoms with Crippen LogP contribution < -0.4 is 10.1 Å². The first-order valence-corrected chi connectivity index (χ1v) is 10.1. The van der Waals surface area contributed by atoms with E-state index in [1.165, 1.54) is 0 Å². The minimum Gasteiger partial charge on any atom is -0.489 e. The summed E-state index contributed by atoms with van der Waals surface area (Å²) >= 11 is 12.0. The van der Waals surface area contributed by atoms with Crippen molar-refractivity contribution in [1.29, 1.82) is 0 Å². The van der Waals surface area contributed by atoms with Crippen LogP contribution in [0.1, 0.15) is 33.7 Å². The number of aromatic nitrogens is 2. The summed E-state index contributed by atoms with van der Waals surface area (Å²) in [7, 11) is 0. The maximum absolute atomic E-state index is 12.4. The van der Waals surface area contributed by atoms with Gasteiger partial charge in [-0.25, -0.2) is 0 Å². The van der Waals surface area contributed by atoms with E-state index in [0.29, 0.717) is 35.3 Å². The van der Waals surface area contributed by atoms with E-state index in [1.54, 1.807) is 18.2 Å². The molecule has 3 aromatic rings. The van der Waals surface area contributed by atoms with Gasteiger partial charge in [-0.2, -0.15) is 5.10 Å². The third-order valence-corrected chi connectivity index (χ3v) is 5.33. The van der Waals surface area contributed by atoms with Crippen LogP contribution in [0.3, 0.4) is 0 Å². The van der Waals surface area contributed by atoms with Crippen LogP contribution in [0, 0.1) is 13.8 Å². The van der Waals surface area contributed by atoms with E-state index in [2.05, 4.69) is 10.4 Å². The number of aryl methyl sites for hydroxylation is 2. The highest BCUT2D eigenvalue weighted by Gasteiger charge is 2.09. The van der Waals surface area contributed by atoms with Crippen molar-refractivity contribution in [2.45, 2.75) is 33.4 Å². The highest BCUT2D eigenvalue weighted by Crippen LogP contribution is 2.19. The molecule has 0 spiro atoms. The Balaban J connectivity index is 1.48. The zero-order valence-electron chi connectivity index (χ0n) is 16.4. The Morgan fingerprint density at radius 1 is 1.14 bits per heavy atom. The van der Waals surface area contributed by atoms with Crippen LogP contribution in [0.4, 0.5) is 0 Å². The summed E-state index contributed by atoms with van der Waals surface area (Å²) < 4.78 is 7.61. The van der Waals surface area contributed by atoms with Gasteiger partial charge in [0.25, 0.3) is 5.91 Å². The fourth-order valence-corrected chi connectivity index (χ4v) is 3.19. The van der Waals surface area contributed by atoms with Crippen molar-refractivity contribution in [3.8, 4) is 5.75 Å². The lowest BCUT2D eigenvalue weighted by Crippen LogP contribution is -2.25. The van der Waals surface area contributed by atoms with Gasteiger partial charge < -0.3 is 10.1 Å². The minimum atomic E-state index is -0.107. The first-order valence-electron chi connectivity index (χ1n) is 9.39. The molecule has 1 N–H and O–H groups in total. The van der Waals surface area contributed by atoms with Gasteiger partial charge in [0.15, 0.2) is 0 Å².